The Labute approximate surface area is 110 Å². The van der Waals surface area contributed by atoms with Crippen molar-refractivity contribution >= 4 is 6.21 Å². The maximum atomic E-state index is 8.94. The van der Waals surface area contributed by atoms with Crippen LogP contribution in [0.4, 0.5) is 0 Å². The van der Waals surface area contributed by atoms with Gasteiger partial charge in [0.1, 0.15) is 0 Å². The number of nitriles is 1. The highest BCUT2D eigenvalue weighted by atomic mass is 15.4. The van der Waals surface area contributed by atoms with E-state index in [0.717, 1.165) is 19.4 Å². The van der Waals surface area contributed by atoms with Crippen molar-refractivity contribution < 1.29 is 0 Å². The molecule has 0 fully saturated rings. The number of unbranched alkanes of at least 4 members (excludes halogenated alkanes) is 3. The van der Waals surface area contributed by atoms with Crippen LogP contribution < -0.4 is 0 Å². The van der Waals surface area contributed by atoms with Gasteiger partial charge in [-0.2, -0.15) is 10.4 Å². The molecule has 0 aliphatic carbocycles. The predicted octanol–water partition coefficient (Wildman–Crippen LogP) is 3.58. The third kappa shape index (κ3) is 6.05. The molecule has 0 radical (unpaired) electrons. The van der Waals surface area contributed by atoms with E-state index < -0.39 is 0 Å². The molecule has 0 aromatic heterocycles. The van der Waals surface area contributed by atoms with E-state index in [0.29, 0.717) is 0 Å². The fourth-order valence-corrected chi connectivity index (χ4v) is 1.68. The molecule has 0 bridgehead atoms. The van der Waals surface area contributed by atoms with Crippen LogP contribution in [0.2, 0.25) is 0 Å². The summed E-state index contributed by atoms with van der Waals surface area (Å²) in [5, 5.41) is 14.6. The zero-order valence-corrected chi connectivity index (χ0v) is 11.0. The van der Waals surface area contributed by atoms with Gasteiger partial charge < -0.3 is 0 Å². The van der Waals surface area contributed by atoms with Crippen molar-refractivity contribution in [3.05, 3.63) is 35.9 Å². The lowest BCUT2D eigenvalue weighted by atomic mass is 10.2. The molecule has 0 aliphatic rings. The van der Waals surface area contributed by atoms with E-state index in [4.69, 9.17) is 5.26 Å². The molecule has 0 unspecified atom stereocenters. The number of hydrazone groups is 1. The molecule has 0 N–H and O–H groups in total. The first-order chi connectivity index (χ1) is 8.86. The van der Waals surface area contributed by atoms with Gasteiger partial charge >= 0.3 is 0 Å². The Kier molecular flexibility index (Phi) is 7.31. The lowest BCUT2D eigenvalue weighted by molar-refractivity contribution is 0.399. The molecule has 96 valence electrons. The standard InChI is InChI=1S/C15H21N3/c1-2-3-4-8-13-18(14-16)17-12-11-15-9-6-5-7-10-15/h5-7,9-10,12H,2-4,8,11,13H2,1H3/b17-12+. The summed E-state index contributed by atoms with van der Waals surface area (Å²) in [5.74, 6) is 0. The van der Waals surface area contributed by atoms with E-state index >= 15 is 0 Å². The number of hydrogen-bond acceptors (Lipinski definition) is 3. The third-order valence-electron chi connectivity index (χ3n) is 2.73. The van der Waals surface area contributed by atoms with Crippen LogP contribution in [-0.2, 0) is 6.42 Å². The average Bonchev–Trinajstić information content (AvgIpc) is 2.42. The molecule has 0 spiro atoms. The van der Waals surface area contributed by atoms with Crippen LogP contribution in [0.25, 0.3) is 0 Å². The first-order valence-electron chi connectivity index (χ1n) is 6.60. The van der Waals surface area contributed by atoms with Gasteiger partial charge in [-0.15, -0.1) is 0 Å². The Balaban J connectivity index is 2.28. The Bertz CT molecular complexity index is 378. The van der Waals surface area contributed by atoms with Crippen molar-refractivity contribution in [2.75, 3.05) is 6.54 Å². The second-order valence-electron chi connectivity index (χ2n) is 4.27. The minimum atomic E-state index is 0.724. The largest absolute Gasteiger partial charge is 0.201 e. The lowest BCUT2D eigenvalue weighted by Crippen LogP contribution is -2.12. The normalized spacial score (nSPS) is 10.4. The Morgan fingerprint density at radius 3 is 2.67 bits per heavy atom. The third-order valence-corrected chi connectivity index (χ3v) is 2.73. The molecule has 0 aliphatic heterocycles. The molecular formula is C15H21N3. The maximum absolute atomic E-state index is 8.94. The zero-order chi connectivity index (χ0) is 13.1. The second kappa shape index (κ2) is 9.23. The fourth-order valence-electron chi connectivity index (χ4n) is 1.68. The summed E-state index contributed by atoms with van der Waals surface area (Å²) in [6.07, 6.45) is 9.32. The molecule has 3 heteroatoms. The monoisotopic (exact) mass is 243 g/mol. The summed E-state index contributed by atoms with van der Waals surface area (Å²) in [5.41, 5.74) is 1.21. The number of hydrogen-bond donors (Lipinski definition) is 0. The smallest absolute Gasteiger partial charge is 0.201 e. The van der Waals surface area contributed by atoms with Crippen LogP contribution in [0.15, 0.2) is 35.4 Å². The highest BCUT2D eigenvalue weighted by Gasteiger charge is 1.97. The summed E-state index contributed by atoms with van der Waals surface area (Å²) < 4.78 is 0. The van der Waals surface area contributed by atoms with Crippen LogP contribution >= 0.6 is 0 Å². The van der Waals surface area contributed by atoms with Crippen molar-refractivity contribution in [1.82, 2.24) is 5.01 Å². The highest BCUT2D eigenvalue weighted by molar-refractivity contribution is 5.61. The first-order valence-corrected chi connectivity index (χ1v) is 6.60. The predicted molar refractivity (Wildman–Crippen MR) is 75.1 cm³/mol. The van der Waals surface area contributed by atoms with E-state index in [1.165, 1.54) is 29.8 Å². The topological polar surface area (TPSA) is 39.4 Å². The van der Waals surface area contributed by atoms with Gasteiger partial charge in [0.05, 0.1) is 6.54 Å². The molecule has 0 saturated carbocycles. The molecule has 0 amide bonds. The molecule has 0 heterocycles. The van der Waals surface area contributed by atoms with Gasteiger partial charge in [-0.1, -0.05) is 56.5 Å². The summed E-state index contributed by atoms with van der Waals surface area (Å²) in [6.45, 7) is 2.90. The first kappa shape index (κ1) is 14.2. The number of nitrogens with zero attached hydrogens (tertiary/aromatic N) is 3. The van der Waals surface area contributed by atoms with Crippen molar-refractivity contribution in [3.63, 3.8) is 0 Å². The lowest BCUT2D eigenvalue weighted by Gasteiger charge is -2.08. The van der Waals surface area contributed by atoms with Crippen molar-refractivity contribution in [2.24, 2.45) is 5.10 Å². The van der Waals surface area contributed by atoms with Gasteiger partial charge in [-0.05, 0) is 12.0 Å². The number of benzene rings is 1. The zero-order valence-electron chi connectivity index (χ0n) is 11.0. The quantitative estimate of drug-likeness (QED) is 0.230. The second-order valence-corrected chi connectivity index (χ2v) is 4.27. The Morgan fingerprint density at radius 2 is 2.00 bits per heavy atom. The molecule has 1 aromatic carbocycles. The number of rotatable bonds is 8. The minimum absolute atomic E-state index is 0.724. The summed E-state index contributed by atoms with van der Waals surface area (Å²) in [6, 6.07) is 10.1. The summed E-state index contributed by atoms with van der Waals surface area (Å²) >= 11 is 0. The molecule has 0 saturated heterocycles. The minimum Gasteiger partial charge on any atom is -0.201 e. The van der Waals surface area contributed by atoms with Gasteiger partial charge in [0.2, 0.25) is 6.19 Å². The van der Waals surface area contributed by atoms with E-state index in [-0.39, 0.29) is 0 Å². The highest BCUT2D eigenvalue weighted by Crippen LogP contribution is 2.02. The van der Waals surface area contributed by atoms with E-state index in [1.807, 2.05) is 18.2 Å². The van der Waals surface area contributed by atoms with Crippen molar-refractivity contribution in [2.45, 2.75) is 39.0 Å². The molecule has 0 atom stereocenters. The van der Waals surface area contributed by atoms with Gasteiger partial charge in [-0.3, -0.25) is 0 Å². The van der Waals surface area contributed by atoms with E-state index in [1.54, 1.807) is 6.21 Å². The maximum Gasteiger partial charge on any atom is 0.201 e. The van der Waals surface area contributed by atoms with Crippen LogP contribution in [0, 0.1) is 11.5 Å². The molecule has 18 heavy (non-hydrogen) atoms. The van der Waals surface area contributed by atoms with Crippen molar-refractivity contribution in [3.8, 4) is 6.19 Å². The fraction of sp³-hybridized carbons (Fsp3) is 0.467. The average molecular weight is 243 g/mol. The Morgan fingerprint density at radius 1 is 1.22 bits per heavy atom. The molecular weight excluding hydrogens is 222 g/mol. The van der Waals surface area contributed by atoms with Gasteiger partial charge in [0, 0.05) is 12.6 Å². The summed E-state index contributed by atoms with van der Waals surface area (Å²) in [4.78, 5) is 0. The van der Waals surface area contributed by atoms with Crippen LogP contribution in [-0.4, -0.2) is 17.8 Å². The van der Waals surface area contributed by atoms with Gasteiger partial charge in [0.15, 0.2) is 0 Å². The van der Waals surface area contributed by atoms with Crippen LogP contribution in [0.5, 0.6) is 0 Å². The molecule has 1 rings (SSSR count). The Hall–Kier alpha value is -1.82. The molecule has 3 nitrogen and oxygen atoms in total. The van der Waals surface area contributed by atoms with Gasteiger partial charge in [-0.25, -0.2) is 5.01 Å². The SMILES string of the molecule is CCCCCCN(C#N)/N=C/Cc1ccccc1. The van der Waals surface area contributed by atoms with E-state index in [2.05, 4.69) is 30.4 Å². The molecule has 1 aromatic rings. The van der Waals surface area contributed by atoms with Gasteiger partial charge in [0.25, 0.3) is 0 Å². The van der Waals surface area contributed by atoms with E-state index in [9.17, 15) is 0 Å². The van der Waals surface area contributed by atoms with Crippen molar-refractivity contribution in [1.29, 1.82) is 5.26 Å². The summed E-state index contributed by atoms with van der Waals surface area (Å²) in [7, 11) is 0. The van der Waals surface area contributed by atoms with Crippen LogP contribution in [0.1, 0.15) is 38.2 Å². The van der Waals surface area contributed by atoms with Crippen LogP contribution in [0.3, 0.4) is 0 Å².